The van der Waals surface area contributed by atoms with Crippen molar-refractivity contribution < 1.29 is 31.5 Å². The van der Waals surface area contributed by atoms with Gasteiger partial charge in [0, 0.05) is 31.7 Å². The maximum absolute atomic E-state index is 13.0. The van der Waals surface area contributed by atoms with Gasteiger partial charge < -0.3 is 19.7 Å². The lowest BCUT2D eigenvalue weighted by Gasteiger charge is -2.31. The van der Waals surface area contributed by atoms with E-state index >= 15 is 0 Å². The van der Waals surface area contributed by atoms with Gasteiger partial charge in [-0.1, -0.05) is 19.9 Å². The minimum atomic E-state index is -3.76. The number of ether oxygens (including phenoxy) is 2. The van der Waals surface area contributed by atoms with Gasteiger partial charge in [-0.25, -0.2) is 8.42 Å². The van der Waals surface area contributed by atoms with Gasteiger partial charge in [-0.3, -0.25) is 4.79 Å². The molecule has 1 fully saturated rings. The summed E-state index contributed by atoms with van der Waals surface area (Å²) >= 11 is 0. The average Bonchev–Trinajstić information content (AvgIpc) is 2.80. The van der Waals surface area contributed by atoms with E-state index in [2.05, 4.69) is 10.1 Å². The van der Waals surface area contributed by atoms with E-state index in [1.807, 2.05) is 4.90 Å². The summed E-state index contributed by atoms with van der Waals surface area (Å²) < 4.78 is 62.2. The number of hydrogen-bond acceptors (Lipinski definition) is 6. The topological polar surface area (TPSA) is 88.2 Å². The van der Waals surface area contributed by atoms with Crippen LogP contribution in [0.4, 0.5) is 20.2 Å². The number of benzene rings is 2. The van der Waals surface area contributed by atoms with E-state index < -0.39 is 22.5 Å². The van der Waals surface area contributed by atoms with E-state index in [0.29, 0.717) is 50.8 Å². The van der Waals surface area contributed by atoms with Crippen molar-refractivity contribution in [3.8, 4) is 5.75 Å². The second-order valence-corrected chi connectivity index (χ2v) is 9.17. The molecule has 0 atom stereocenters. The SMILES string of the molecule is CCN(CC)S(=O)(=O)c1ccc(N2CCOCC2)c(NC(=O)c2cccc(OC(F)F)c2)c1. The Morgan fingerprint density at radius 2 is 1.85 bits per heavy atom. The smallest absolute Gasteiger partial charge is 0.387 e. The number of morpholine rings is 1. The van der Waals surface area contributed by atoms with Crippen LogP contribution in [0.3, 0.4) is 0 Å². The third-order valence-electron chi connectivity index (χ3n) is 5.23. The van der Waals surface area contributed by atoms with Crippen LogP contribution < -0.4 is 15.0 Å². The lowest BCUT2D eigenvalue weighted by atomic mass is 10.1. The van der Waals surface area contributed by atoms with Crippen LogP contribution in [-0.2, 0) is 14.8 Å². The van der Waals surface area contributed by atoms with Gasteiger partial charge in [-0.2, -0.15) is 13.1 Å². The molecular formula is C22H27F2N3O5S. The summed E-state index contributed by atoms with van der Waals surface area (Å²) in [4.78, 5) is 15.0. The molecule has 0 bridgehead atoms. The lowest BCUT2D eigenvalue weighted by Crippen LogP contribution is -2.37. The number of hydrogen-bond donors (Lipinski definition) is 1. The van der Waals surface area contributed by atoms with Gasteiger partial charge in [-0.05, 0) is 36.4 Å². The van der Waals surface area contributed by atoms with Crippen LogP contribution >= 0.6 is 0 Å². The molecule has 180 valence electrons. The molecule has 0 saturated carbocycles. The van der Waals surface area contributed by atoms with E-state index in [9.17, 15) is 22.0 Å². The third-order valence-corrected chi connectivity index (χ3v) is 7.28. The number of nitrogens with zero attached hydrogens (tertiary/aromatic N) is 2. The van der Waals surface area contributed by atoms with Crippen LogP contribution in [0.1, 0.15) is 24.2 Å². The molecule has 1 saturated heterocycles. The summed E-state index contributed by atoms with van der Waals surface area (Å²) in [5, 5.41) is 2.74. The van der Waals surface area contributed by atoms with E-state index in [-0.39, 0.29) is 16.2 Å². The minimum Gasteiger partial charge on any atom is -0.435 e. The maximum atomic E-state index is 13.0. The second-order valence-electron chi connectivity index (χ2n) is 7.23. The Bertz CT molecular complexity index is 1070. The fraction of sp³-hybridized carbons (Fsp3) is 0.409. The van der Waals surface area contributed by atoms with Gasteiger partial charge in [0.25, 0.3) is 5.91 Å². The van der Waals surface area contributed by atoms with Gasteiger partial charge in [0.1, 0.15) is 5.75 Å². The highest BCUT2D eigenvalue weighted by molar-refractivity contribution is 7.89. The first-order valence-electron chi connectivity index (χ1n) is 10.6. The predicted molar refractivity (Wildman–Crippen MR) is 121 cm³/mol. The molecule has 1 heterocycles. The Hall–Kier alpha value is -2.76. The molecule has 0 aliphatic carbocycles. The van der Waals surface area contributed by atoms with Crippen molar-refractivity contribution in [1.29, 1.82) is 0 Å². The Balaban J connectivity index is 1.97. The Kier molecular flexibility index (Phi) is 8.22. The van der Waals surface area contributed by atoms with Crippen LogP contribution in [0.2, 0.25) is 0 Å². The Morgan fingerprint density at radius 1 is 1.15 bits per heavy atom. The molecule has 3 rings (SSSR count). The monoisotopic (exact) mass is 483 g/mol. The fourth-order valence-electron chi connectivity index (χ4n) is 3.58. The third kappa shape index (κ3) is 5.98. The van der Waals surface area contributed by atoms with Gasteiger partial charge in [0.15, 0.2) is 0 Å². The molecule has 2 aromatic carbocycles. The predicted octanol–water partition coefficient (Wildman–Crippen LogP) is 3.41. The van der Waals surface area contributed by atoms with E-state index in [0.717, 1.165) is 0 Å². The highest BCUT2D eigenvalue weighted by atomic mass is 32.2. The maximum Gasteiger partial charge on any atom is 0.387 e. The van der Waals surface area contributed by atoms with E-state index in [1.165, 1.54) is 40.7 Å². The number of carbonyl (C=O) groups is 1. The first kappa shape index (κ1) is 24.9. The number of amides is 1. The van der Waals surface area contributed by atoms with Crippen molar-refractivity contribution in [2.75, 3.05) is 49.6 Å². The fourth-order valence-corrected chi connectivity index (χ4v) is 5.06. The largest absolute Gasteiger partial charge is 0.435 e. The number of alkyl halides is 2. The van der Waals surface area contributed by atoms with Gasteiger partial charge in [0.2, 0.25) is 10.0 Å². The lowest BCUT2D eigenvalue weighted by molar-refractivity contribution is -0.0498. The number of sulfonamides is 1. The van der Waals surface area contributed by atoms with Crippen molar-refractivity contribution in [2.24, 2.45) is 0 Å². The number of nitrogens with one attached hydrogen (secondary N) is 1. The van der Waals surface area contributed by atoms with E-state index in [4.69, 9.17) is 4.74 Å². The molecule has 1 N–H and O–H groups in total. The quantitative estimate of drug-likeness (QED) is 0.588. The summed E-state index contributed by atoms with van der Waals surface area (Å²) in [6.45, 7) is 3.25. The zero-order valence-electron chi connectivity index (χ0n) is 18.5. The van der Waals surface area contributed by atoms with Crippen molar-refractivity contribution in [2.45, 2.75) is 25.4 Å². The van der Waals surface area contributed by atoms with Crippen LogP contribution in [0.25, 0.3) is 0 Å². The molecule has 0 spiro atoms. The molecule has 11 heteroatoms. The highest BCUT2D eigenvalue weighted by Gasteiger charge is 2.25. The number of halogens is 2. The zero-order chi connectivity index (χ0) is 24.0. The number of rotatable bonds is 9. The zero-order valence-corrected chi connectivity index (χ0v) is 19.3. The van der Waals surface area contributed by atoms with Crippen LogP contribution in [0.5, 0.6) is 5.75 Å². The summed E-state index contributed by atoms with van der Waals surface area (Å²) in [6, 6.07) is 10.0. The normalized spacial score (nSPS) is 14.5. The van der Waals surface area contributed by atoms with Crippen molar-refractivity contribution in [3.05, 3.63) is 48.0 Å². The first-order chi connectivity index (χ1) is 15.8. The van der Waals surface area contributed by atoms with Crippen LogP contribution in [0, 0.1) is 0 Å². The average molecular weight is 484 g/mol. The molecule has 0 aromatic heterocycles. The van der Waals surface area contributed by atoms with Crippen LogP contribution in [0.15, 0.2) is 47.4 Å². The van der Waals surface area contributed by atoms with Gasteiger partial charge >= 0.3 is 6.61 Å². The molecule has 8 nitrogen and oxygen atoms in total. The van der Waals surface area contributed by atoms with Crippen LogP contribution in [-0.4, -0.2) is 64.6 Å². The summed E-state index contributed by atoms with van der Waals surface area (Å²) in [6.07, 6.45) is 0. The molecule has 0 radical (unpaired) electrons. The minimum absolute atomic E-state index is 0.0493. The standard InChI is InChI=1S/C22H27F2N3O5S/c1-3-27(4-2)33(29,30)18-8-9-20(26-10-12-31-13-11-26)19(15-18)25-21(28)16-6-5-7-17(14-16)32-22(23)24/h5-9,14-15,22H,3-4,10-13H2,1-2H3,(H,25,28). The summed E-state index contributed by atoms with van der Waals surface area (Å²) in [5.74, 6) is -0.731. The molecule has 1 amide bonds. The molecule has 1 aliphatic heterocycles. The van der Waals surface area contributed by atoms with E-state index in [1.54, 1.807) is 19.9 Å². The Labute approximate surface area is 192 Å². The Morgan fingerprint density at radius 3 is 2.48 bits per heavy atom. The molecule has 2 aromatic rings. The molecule has 1 aliphatic rings. The van der Waals surface area contributed by atoms with Crippen molar-refractivity contribution >= 4 is 27.3 Å². The van der Waals surface area contributed by atoms with Gasteiger partial charge in [0.05, 0.1) is 29.5 Å². The first-order valence-corrected chi connectivity index (χ1v) is 12.0. The van der Waals surface area contributed by atoms with Crippen molar-refractivity contribution in [1.82, 2.24) is 4.31 Å². The van der Waals surface area contributed by atoms with Crippen molar-refractivity contribution in [3.63, 3.8) is 0 Å². The molecule has 33 heavy (non-hydrogen) atoms. The number of anilines is 2. The summed E-state index contributed by atoms with van der Waals surface area (Å²) in [5.41, 5.74) is 1.04. The second kappa shape index (κ2) is 10.9. The highest BCUT2D eigenvalue weighted by Crippen LogP contribution is 2.31. The molecular weight excluding hydrogens is 456 g/mol. The molecule has 0 unspecified atom stereocenters. The number of carbonyl (C=O) groups excluding carboxylic acids is 1. The summed E-state index contributed by atoms with van der Waals surface area (Å²) in [7, 11) is -3.76. The van der Waals surface area contributed by atoms with Gasteiger partial charge in [-0.15, -0.1) is 0 Å².